The van der Waals surface area contributed by atoms with Gasteiger partial charge in [-0.05, 0) is 0 Å². The summed E-state index contributed by atoms with van der Waals surface area (Å²) in [5.74, 6) is 0. The van der Waals surface area contributed by atoms with Crippen molar-refractivity contribution in [2.45, 2.75) is 26.2 Å². The molecule has 2 rings (SSSR count). The molecule has 0 atom stereocenters. The van der Waals surface area contributed by atoms with Gasteiger partial charge in [-0.15, -0.1) is 0 Å². The van der Waals surface area contributed by atoms with Crippen LogP contribution in [-0.4, -0.2) is 116 Å². The van der Waals surface area contributed by atoms with Gasteiger partial charge < -0.3 is 0 Å². The summed E-state index contributed by atoms with van der Waals surface area (Å²) < 4.78 is 2.91. The molecule has 0 aliphatic heterocycles. The quantitative estimate of drug-likeness (QED) is 0.356. The Balaban J connectivity index is 0.000000320. The van der Waals surface area contributed by atoms with Gasteiger partial charge in [0.2, 0.25) is 0 Å². The van der Waals surface area contributed by atoms with E-state index in [1.807, 2.05) is 0 Å². The fraction of sp³-hybridized carbons (Fsp3) is 0.500. The molecule has 32 heavy (non-hydrogen) atoms. The first-order valence-corrected chi connectivity index (χ1v) is 20.7. The second-order valence-corrected chi connectivity index (χ2v) is 15.5. The summed E-state index contributed by atoms with van der Waals surface area (Å²) in [5.41, 5.74) is 5.63. The fourth-order valence-electron chi connectivity index (χ4n) is 3.44. The van der Waals surface area contributed by atoms with Gasteiger partial charge in [0.05, 0.1) is 0 Å². The van der Waals surface area contributed by atoms with Crippen molar-refractivity contribution in [2.75, 3.05) is 56.4 Å². The van der Waals surface area contributed by atoms with Crippen LogP contribution in [0.4, 0.5) is 0 Å². The first-order valence-electron chi connectivity index (χ1n) is 10.6. The Morgan fingerprint density at radius 2 is 0.719 bits per heavy atom. The van der Waals surface area contributed by atoms with Gasteiger partial charge in [0, 0.05) is 0 Å². The van der Waals surface area contributed by atoms with Crippen molar-refractivity contribution in [1.29, 1.82) is 0 Å². The third-order valence-electron chi connectivity index (χ3n) is 4.61. The van der Waals surface area contributed by atoms with Crippen LogP contribution in [0.3, 0.4) is 0 Å². The SMILES string of the molecule is CN(C)Cc1cccc(CN(C)C)[c]1[Sn][Cl].CN(C)Cc1cccc(CN(C)C)[c]1[Sn][Cl]. The zero-order valence-electron chi connectivity index (χ0n) is 20.8. The molecule has 176 valence electrons. The first-order chi connectivity index (χ1) is 15.1. The monoisotopic (exact) mass is 692 g/mol. The summed E-state index contributed by atoms with van der Waals surface area (Å²) in [4.78, 5) is 8.79. The maximum absolute atomic E-state index is 6.24. The van der Waals surface area contributed by atoms with Gasteiger partial charge >= 0.3 is 226 Å². The first kappa shape index (κ1) is 30.5. The minimum atomic E-state index is -0.908. The van der Waals surface area contributed by atoms with Gasteiger partial charge in [-0.3, -0.25) is 0 Å². The number of hydrogen-bond acceptors (Lipinski definition) is 4. The number of hydrogen-bond donors (Lipinski definition) is 0. The van der Waals surface area contributed by atoms with E-state index in [4.69, 9.17) is 17.8 Å². The fourth-order valence-corrected chi connectivity index (χ4v) is 9.94. The summed E-state index contributed by atoms with van der Waals surface area (Å²) in [7, 11) is 29.3. The Labute approximate surface area is 224 Å². The van der Waals surface area contributed by atoms with Crippen LogP contribution in [0, 0.1) is 0 Å². The molecule has 0 saturated heterocycles. The molecule has 4 nitrogen and oxygen atoms in total. The molecule has 0 heterocycles. The number of rotatable bonds is 10. The van der Waals surface area contributed by atoms with Crippen LogP contribution in [0.1, 0.15) is 22.3 Å². The van der Waals surface area contributed by atoms with E-state index in [1.165, 1.54) is 29.4 Å². The van der Waals surface area contributed by atoms with E-state index in [-0.39, 0.29) is 0 Å². The van der Waals surface area contributed by atoms with Gasteiger partial charge in [-0.2, -0.15) is 0 Å². The predicted octanol–water partition coefficient (Wildman–Crippen LogP) is 2.59. The maximum atomic E-state index is 6.24. The Hall–Kier alpha value is 0.457. The number of nitrogens with zero attached hydrogens (tertiary/aromatic N) is 4. The van der Waals surface area contributed by atoms with E-state index in [9.17, 15) is 0 Å². The molecule has 0 aromatic heterocycles. The van der Waals surface area contributed by atoms with Crippen molar-refractivity contribution in [2.24, 2.45) is 0 Å². The third-order valence-corrected chi connectivity index (χ3v) is 11.9. The normalized spacial score (nSPS) is 11.4. The Morgan fingerprint density at radius 3 is 0.875 bits per heavy atom. The minimum absolute atomic E-state index is 0.908. The van der Waals surface area contributed by atoms with E-state index in [0.29, 0.717) is 0 Å². The molecule has 2 aromatic rings. The van der Waals surface area contributed by atoms with Crippen LogP contribution >= 0.6 is 17.8 Å². The van der Waals surface area contributed by atoms with Crippen LogP contribution in [-0.2, 0) is 26.2 Å². The zero-order chi connectivity index (χ0) is 24.3. The van der Waals surface area contributed by atoms with Gasteiger partial charge in [-0.1, -0.05) is 0 Å². The second kappa shape index (κ2) is 16.2. The van der Waals surface area contributed by atoms with Crippen molar-refractivity contribution in [3.05, 3.63) is 58.7 Å². The molecule has 0 amide bonds. The van der Waals surface area contributed by atoms with Crippen LogP contribution in [0.2, 0.25) is 0 Å². The molecule has 8 heteroatoms. The molecular formula is C24H38Cl2N4Sn2. The van der Waals surface area contributed by atoms with E-state index in [0.717, 1.165) is 26.2 Å². The Kier molecular flexibility index (Phi) is 15.4. The Bertz CT molecular complexity index is 691. The van der Waals surface area contributed by atoms with Crippen molar-refractivity contribution in [3.8, 4) is 0 Å². The summed E-state index contributed by atoms with van der Waals surface area (Å²) in [6.07, 6.45) is 0. The van der Waals surface area contributed by atoms with Gasteiger partial charge in [0.1, 0.15) is 0 Å². The molecular weight excluding hydrogens is 653 g/mol. The number of benzene rings is 2. The van der Waals surface area contributed by atoms with Crippen LogP contribution in [0.5, 0.6) is 0 Å². The average molecular weight is 691 g/mol. The molecule has 0 aliphatic rings. The number of halogens is 2. The van der Waals surface area contributed by atoms with Gasteiger partial charge in [-0.25, -0.2) is 0 Å². The zero-order valence-corrected chi connectivity index (χ0v) is 28.1. The molecule has 0 saturated carbocycles. The van der Waals surface area contributed by atoms with E-state index >= 15 is 0 Å². The topological polar surface area (TPSA) is 13.0 Å². The molecule has 4 radical (unpaired) electrons. The molecule has 0 N–H and O–H groups in total. The molecule has 0 aliphatic carbocycles. The molecule has 0 fully saturated rings. The Morgan fingerprint density at radius 1 is 0.500 bits per heavy atom. The summed E-state index contributed by atoms with van der Waals surface area (Å²) in [6.45, 7) is 3.96. The molecule has 0 unspecified atom stereocenters. The van der Waals surface area contributed by atoms with Crippen LogP contribution in [0.25, 0.3) is 0 Å². The molecule has 0 spiro atoms. The van der Waals surface area contributed by atoms with Crippen molar-refractivity contribution in [3.63, 3.8) is 0 Å². The van der Waals surface area contributed by atoms with Crippen molar-refractivity contribution in [1.82, 2.24) is 19.6 Å². The van der Waals surface area contributed by atoms with E-state index in [2.05, 4.69) is 112 Å². The van der Waals surface area contributed by atoms with Gasteiger partial charge in [0.25, 0.3) is 0 Å². The predicted molar refractivity (Wildman–Crippen MR) is 145 cm³/mol. The molecule has 0 bridgehead atoms. The summed E-state index contributed by atoms with van der Waals surface area (Å²) >= 11 is -1.82. The average Bonchev–Trinajstić information content (AvgIpc) is 2.67. The van der Waals surface area contributed by atoms with E-state index in [1.54, 1.807) is 0 Å². The second-order valence-electron chi connectivity index (χ2n) is 9.04. The summed E-state index contributed by atoms with van der Waals surface area (Å²) in [5, 5.41) is 0. The van der Waals surface area contributed by atoms with Crippen LogP contribution < -0.4 is 7.16 Å². The van der Waals surface area contributed by atoms with E-state index < -0.39 is 40.0 Å². The molecule has 2 aromatic carbocycles. The van der Waals surface area contributed by atoms with Crippen molar-refractivity contribution >= 4 is 65.0 Å². The van der Waals surface area contributed by atoms with Gasteiger partial charge in [0.15, 0.2) is 0 Å². The van der Waals surface area contributed by atoms with Crippen LogP contribution in [0.15, 0.2) is 36.4 Å². The standard InChI is InChI=1S/2C12H19N2.2ClH.2Sn/c2*1-13(2)9-11-6-5-7-12(8-11)10-14(3)4;;;;/h2*5-7H,9-10H2,1-4H3;2*1H;;/q;;;;2*+1/p-2. The van der Waals surface area contributed by atoms with Crippen molar-refractivity contribution < 1.29 is 0 Å². The summed E-state index contributed by atoms with van der Waals surface area (Å²) in [6, 6.07) is 13.1. The third kappa shape index (κ3) is 11.3.